The summed E-state index contributed by atoms with van der Waals surface area (Å²) >= 11 is 7.20. The van der Waals surface area contributed by atoms with E-state index in [-0.39, 0.29) is 92.0 Å². The van der Waals surface area contributed by atoms with Crippen LogP contribution in [0.1, 0.15) is 51.4 Å². The lowest BCUT2D eigenvalue weighted by Gasteiger charge is -2.51. The van der Waals surface area contributed by atoms with E-state index >= 15 is 0 Å². The number of thioether (sulfide) groups is 8. The Balaban J connectivity index is 1.12. The zero-order valence-electron chi connectivity index (χ0n) is 68.8. The van der Waals surface area contributed by atoms with Crippen LogP contribution in [0.15, 0.2) is 0 Å². The maximum atomic E-state index is 12.4. The lowest BCUT2D eigenvalue weighted by molar-refractivity contribution is -0.396. The second-order valence-electron chi connectivity index (χ2n) is 31.0. The van der Waals surface area contributed by atoms with Crippen molar-refractivity contribution in [1.82, 2.24) is 0 Å². The molecule has 30 aliphatic heterocycles. The Hall–Kier alpha value is -2.72. The Morgan fingerprint density at radius 3 is 0.450 bits per heavy atom. The van der Waals surface area contributed by atoms with Crippen LogP contribution in [0.25, 0.3) is 0 Å². The minimum Gasteiger partial charge on any atom is -0.481 e. The van der Waals surface area contributed by atoms with E-state index in [0.29, 0.717) is 0 Å². The van der Waals surface area contributed by atoms with Crippen molar-refractivity contribution in [2.75, 3.05) is 99.2 Å². The van der Waals surface area contributed by atoms with Gasteiger partial charge in [-0.05, 0) is 0 Å². The maximum Gasteiger partial charge on any atom is 0.304 e. The van der Waals surface area contributed by atoms with Crippen LogP contribution in [0.5, 0.6) is 0 Å². The third-order valence-electron chi connectivity index (χ3n) is 21.6. The molecule has 0 aromatic heterocycles. The van der Waals surface area contributed by atoms with Gasteiger partial charge < -0.3 is 198 Å². The van der Waals surface area contributed by atoms with E-state index in [1.54, 1.807) is 0 Å². The van der Waals surface area contributed by atoms with E-state index < -0.39 is 345 Å². The van der Waals surface area contributed by atoms with Crippen molar-refractivity contribution in [3.8, 4) is 0 Å². The first kappa shape index (κ1) is 110. The SMILES string of the molecule is CO[C@@H]1[C@@H](O)[C@H]2O[C@H]3[C@H](O)[C@@H](O)[C@@H](O[C@H]4[C@H](O)[C@@H](O)[C@@H](O[C@H]5[C@H](O)[C@@H](O)[C@@H](O[C@H]6[C@H](O)[C@@H](O)[C@@H](O[C@H]7[C@H](O)[C@@H](O)[C@@H](O[C@H]8[C@H](O)[C@@H](O)[C@@H](O[C@H]9[C@H](O)[C@@H](O)[C@@H](O[C@@H]1[C@@H](CSCCC(=O)O)O2)O[C@@H]9CSCCC(=O)O)O[C@@H]8CSCCC(=O)O)O[C@@H]7CSCCC(=O)O)O[C@@H]6CSCCC(=O)O)O[C@@H]5CSCCC(=O)O)O[C@@H]4CSCCC(=O)O)O[C@@H]3CSCCC(=O)O. The summed E-state index contributed by atoms with van der Waals surface area (Å²) in [5, 5.41) is 261. The highest BCUT2D eigenvalue weighted by molar-refractivity contribution is 8.00. The molecule has 0 aromatic rings. The molecule has 30 fully saturated rings. The number of aliphatic hydroxyl groups excluding tert-OH is 15. The van der Waals surface area contributed by atoms with Crippen molar-refractivity contribution < 1.29 is 236 Å². The molecule has 0 spiro atoms. The Morgan fingerprint density at radius 2 is 0.318 bits per heavy atom. The minimum absolute atomic E-state index is 0.116. The standard InChI is InChI=1S/C73H114O48S8/c1-105-65-56(104)73-113-33(25-129-17-9-41(88)89)64(65)121-72-55(103)48(96)62(31(112-72)23-127-15-7-39(84)85)119-70-53(101)46(94)60(29(110-70)21-125-13-5-37(80)81)117-68-51(99)44(92)58(27(108-68)19-123-11-3-35(76)77)115-66-49(97)42(90)57(26(106-66)18-122-10-2-34(74)75)114-67-50(98)43(91)59(28(107-67)20-124-12-4-36(78)79)116-69-52(100)45(93)61(30(109-69)22-126-14-6-38(82)83)118-71-54(102)47(95)63(120-73)32(111-71)24-128-16-8-40(86)87/h26-33,42-73,90-104H,2-25H2,1H3,(H,74,75)(H,76,77)(H,78,79)(H,80,81)(H,82,83)(H,84,85)(H,86,87)(H,88,89)/t26-,27-,28-,29-,30-,31-,32-,33-,42-,43-,44-,45-,46-,47-,48-,49-,50-,51-,52-,53-,54-,55-,56-,57-,58-,59-,60-,61-,62-,63-,64-,65-,66-,67-,68-,69-,70-,71-,72-,73-/m1/s1. The summed E-state index contributed by atoms with van der Waals surface area (Å²) in [7, 11) is 1.08. The summed E-state index contributed by atoms with van der Waals surface area (Å²) in [4.78, 5) is 94.6. The normalized spacial score (nSPS) is 41.3. The van der Waals surface area contributed by atoms with E-state index in [1.807, 2.05) is 0 Å². The van der Waals surface area contributed by atoms with Crippen LogP contribution in [0.4, 0.5) is 0 Å². The molecule has 16 bridgehead atoms. The summed E-state index contributed by atoms with van der Waals surface area (Å²) in [6.45, 7) is 0. The lowest BCUT2D eigenvalue weighted by atomic mass is 9.95. The first-order valence-electron chi connectivity index (χ1n) is 40.9. The van der Waals surface area contributed by atoms with E-state index in [0.717, 1.165) is 101 Å². The molecule has 0 radical (unpaired) electrons. The van der Waals surface area contributed by atoms with E-state index in [4.69, 9.17) is 80.5 Å². The number of hydrogen-bond acceptors (Lipinski definition) is 48. The molecule has 0 aromatic carbocycles. The third-order valence-corrected chi connectivity index (χ3v) is 30.1. The summed E-state index contributed by atoms with van der Waals surface area (Å²) < 4.78 is 107. The van der Waals surface area contributed by atoms with Gasteiger partial charge >= 0.3 is 47.8 Å². The van der Waals surface area contributed by atoms with Gasteiger partial charge in [-0.25, -0.2) is 0 Å². The topological polar surface area (TPSA) is 759 Å². The molecule has 30 rings (SSSR count). The molecule has 742 valence electrons. The quantitative estimate of drug-likeness (QED) is 0.0253. The van der Waals surface area contributed by atoms with Gasteiger partial charge in [0.15, 0.2) is 50.3 Å². The highest BCUT2D eigenvalue weighted by Gasteiger charge is 2.61. The van der Waals surface area contributed by atoms with Crippen molar-refractivity contribution in [3.05, 3.63) is 0 Å². The Bertz CT molecular complexity index is 3380. The van der Waals surface area contributed by atoms with Crippen molar-refractivity contribution in [2.45, 2.75) is 297 Å². The monoisotopic (exact) mass is 2010 g/mol. The average Bonchev–Trinajstić information content (AvgIpc) is 0.769. The Kier molecular flexibility index (Phi) is 45.5. The van der Waals surface area contributed by atoms with E-state index in [9.17, 15) is 156 Å². The van der Waals surface area contributed by atoms with Crippen LogP contribution in [0.3, 0.4) is 0 Å². The van der Waals surface area contributed by atoms with Gasteiger partial charge in [0.1, 0.15) is 146 Å². The molecule has 30 saturated heterocycles. The molecule has 56 heteroatoms. The summed E-state index contributed by atoms with van der Waals surface area (Å²) in [5.41, 5.74) is 0. The third kappa shape index (κ3) is 31.1. The van der Waals surface area contributed by atoms with Crippen LogP contribution < -0.4 is 0 Å². The fourth-order valence-corrected chi connectivity index (χ4v) is 22.8. The molecule has 30 aliphatic rings. The second kappa shape index (κ2) is 53.4. The van der Waals surface area contributed by atoms with Gasteiger partial charge in [0.2, 0.25) is 0 Å². The van der Waals surface area contributed by atoms with Crippen LogP contribution >= 0.6 is 94.1 Å². The van der Waals surface area contributed by atoms with Crippen LogP contribution in [-0.4, -0.2) is 510 Å². The maximum absolute atomic E-state index is 12.4. The van der Waals surface area contributed by atoms with Gasteiger partial charge in [0, 0.05) is 99.2 Å². The zero-order valence-corrected chi connectivity index (χ0v) is 75.4. The average molecular weight is 2020 g/mol. The molecule has 48 nitrogen and oxygen atoms in total. The molecule has 0 aliphatic carbocycles. The van der Waals surface area contributed by atoms with Gasteiger partial charge in [-0.1, -0.05) is 0 Å². The number of hydrogen-bond donors (Lipinski definition) is 23. The van der Waals surface area contributed by atoms with Crippen LogP contribution in [0.2, 0.25) is 0 Å². The van der Waals surface area contributed by atoms with E-state index in [1.165, 1.54) is 0 Å². The van der Waals surface area contributed by atoms with Gasteiger partial charge in [-0.2, -0.15) is 94.1 Å². The predicted molar refractivity (Wildman–Crippen MR) is 446 cm³/mol. The number of aliphatic hydroxyl groups is 15. The fraction of sp³-hybridized carbons (Fsp3) is 0.890. The molecule has 0 amide bonds. The molecule has 0 unspecified atom stereocenters. The fourth-order valence-electron chi connectivity index (χ4n) is 14.9. The van der Waals surface area contributed by atoms with Crippen LogP contribution in [-0.2, 0) is 119 Å². The number of carbonyl (C=O) groups is 8. The predicted octanol–water partition coefficient (Wildman–Crippen LogP) is -7.03. The Morgan fingerprint density at radius 1 is 0.194 bits per heavy atom. The van der Waals surface area contributed by atoms with Crippen molar-refractivity contribution in [2.24, 2.45) is 0 Å². The number of methoxy groups -OCH3 is 1. The Labute approximate surface area is 769 Å². The molecule has 23 N–H and O–H groups in total. The van der Waals surface area contributed by atoms with Crippen molar-refractivity contribution in [1.29, 1.82) is 0 Å². The van der Waals surface area contributed by atoms with Crippen molar-refractivity contribution >= 4 is 142 Å². The molecule has 40 atom stereocenters. The molecule has 30 heterocycles. The number of carboxylic acids is 8. The number of ether oxygens (including phenoxy) is 17. The summed E-state index contributed by atoms with van der Waals surface area (Å²) in [6, 6.07) is 0. The van der Waals surface area contributed by atoms with Gasteiger partial charge in [0.25, 0.3) is 0 Å². The van der Waals surface area contributed by atoms with Gasteiger partial charge in [0.05, 0.1) is 100 Å². The van der Waals surface area contributed by atoms with Crippen LogP contribution in [0, 0.1) is 0 Å². The molecular formula is C73H114O48S8. The van der Waals surface area contributed by atoms with Crippen molar-refractivity contribution in [3.63, 3.8) is 0 Å². The molecule has 129 heavy (non-hydrogen) atoms. The minimum atomic E-state index is -2.32. The summed E-state index contributed by atoms with van der Waals surface area (Å²) in [5.74, 6) is -14.0. The summed E-state index contributed by atoms with van der Waals surface area (Å²) in [6.07, 6.45) is -83.9. The smallest absolute Gasteiger partial charge is 0.304 e. The first-order valence-corrected chi connectivity index (χ1v) is 50.1. The zero-order chi connectivity index (χ0) is 94.4. The number of carboxylic acid groups (broad SMARTS) is 8. The van der Waals surface area contributed by atoms with Gasteiger partial charge in [-0.15, -0.1) is 0 Å². The lowest BCUT2D eigenvalue weighted by Crippen LogP contribution is -2.69. The van der Waals surface area contributed by atoms with E-state index in [2.05, 4.69) is 0 Å². The number of aliphatic carboxylic acids is 8. The second-order valence-corrected chi connectivity index (χ2v) is 40.2. The first-order chi connectivity index (χ1) is 61.3. The highest BCUT2D eigenvalue weighted by Crippen LogP contribution is 2.43. The number of rotatable bonds is 41. The molecular weight excluding hydrogens is 1900 g/mol. The molecule has 0 saturated carbocycles. The largest absolute Gasteiger partial charge is 0.481 e. The van der Waals surface area contributed by atoms with Gasteiger partial charge in [-0.3, -0.25) is 38.4 Å². The highest BCUT2D eigenvalue weighted by atomic mass is 32.2.